The van der Waals surface area contributed by atoms with Crippen LogP contribution in [-0.2, 0) is 0 Å². The van der Waals surface area contributed by atoms with Gasteiger partial charge in [0.15, 0.2) is 24.0 Å². The topological polar surface area (TPSA) is 50.1 Å². The predicted octanol–water partition coefficient (Wildman–Crippen LogP) is 3.86. The van der Waals surface area contributed by atoms with Crippen molar-refractivity contribution in [3.8, 4) is 11.8 Å². The normalized spacial score (nSPS) is 10.0. The molecule has 0 fully saturated rings. The third-order valence-electron chi connectivity index (χ3n) is 2.65. The van der Waals surface area contributed by atoms with E-state index >= 15 is 0 Å². The fourth-order valence-electron chi connectivity index (χ4n) is 1.59. The predicted molar refractivity (Wildman–Crippen MR) is 75.0 cm³/mol. The van der Waals surface area contributed by atoms with Gasteiger partial charge in [-0.1, -0.05) is 15.9 Å². The quantitative estimate of drug-likeness (QED) is 0.620. The van der Waals surface area contributed by atoms with Gasteiger partial charge in [-0.05, 0) is 36.4 Å². The average molecular weight is 352 g/mol. The molecule has 106 valence electrons. The molecule has 0 bridgehead atoms. The second-order valence-electron chi connectivity index (χ2n) is 4.10. The van der Waals surface area contributed by atoms with Crippen molar-refractivity contribution in [3.63, 3.8) is 0 Å². The van der Waals surface area contributed by atoms with Gasteiger partial charge in [0.05, 0.1) is 11.6 Å². The average Bonchev–Trinajstić information content (AvgIpc) is 2.49. The zero-order valence-corrected chi connectivity index (χ0v) is 12.2. The maximum Gasteiger partial charge on any atom is 0.200 e. The lowest BCUT2D eigenvalue weighted by Crippen LogP contribution is -2.12. The molecular weight excluding hydrogens is 344 g/mol. The van der Waals surface area contributed by atoms with E-state index in [0.717, 1.165) is 6.07 Å². The number of rotatable bonds is 4. The maximum absolute atomic E-state index is 13.5. The van der Waals surface area contributed by atoms with E-state index in [-0.39, 0.29) is 5.75 Å². The zero-order chi connectivity index (χ0) is 15.4. The van der Waals surface area contributed by atoms with Crippen molar-refractivity contribution in [1.29, 1.82) is 5.26 Å². The molecule has 0 aliphatic carbocycles. The fourth-order valence-corrected chi connectivity index (χ4v) is 2.00. The molecule has 2 rings (SSSR count). The van der Waals surface area contributed by atoms with E-state index in [0.29, 0.717) is 15.6 Å². The Balaban J connectivity index is 2.09. The number of benzene rings is 2. The van der Waals surface area contributed by atoms with Crippen LogP contribution in [0.1, 0.15) is 15.9 Å². The van der Waals surface area contributed by atoms with Gasteiger partial charge in [-0.25, -0.2) is 4.39 Å². The summed E-state index contributed by atoms with van der Waals surface area (Å²) in [7, 11) is 0. The molecule has 21 heavy (non-hydrogen) atoms. The molecule has 0 saturated carbocycles. The van der Waals surface area contributed by atoms with E-state index in [1.165, 1.54) is 30.3 Å². The highest BCUT2D eigenvalue weighted by atomic mass is 79.9. The second-order valence-corrected chi connectivity index (χ2v) is 5.02. The SMILES string of the molecule is N#Cc1ccc(C(=O)COc2cc(Br)cc(F)c2F)cc1. The Kier molecular flexibility index (Phi) is 4.66. The van der Waals surface area contributed by atoms with Crippen LogP contribution in [0, 0.1) is 23.0 Å². The maximum atomic E-state index is 13.5. The highest BCUT2D eigenvalue weighted by Crippen LogP contribution is 2.25. The van der Waals surface area contributed by atoms with Crippen LogP contribution >= 0.6 is 15.9 Å². The molecule has 0 N–H and O–H groups in total. The number of carbonyl (C=O) groups excluding carboxylic acids is 1. The van der Waals surface area contributed by atoms with Crippen molar-refractivity contribution in [2.45, 2.75) is 0 Å². The van der Waals surface area contributed by atoms with Gasteiger partial charge in [-0.3, -0.25) is 4.79 Å². The summed E-state index contributed by atoms with van der Waals surface area (Å²) in [6, 6.07) is 10.1. The molecule has 0 saturated heterocycles. The van der Waals surface area contributed by atoms with Gasteiger partial charge in [-0.15, -0.1) is 0 Å². The first-order chi connectivity index (χ1) is 10.0. The van der Waals surface area contributed by atoms with E-state index in [9.17, 15) is 13.6 Å². The molecule has 2 aromatic carbocycles. The summed E-state index contributed by atoms with van der Waals surface area (Å²) in [6.45, 7) is -0.432. The minimum atomic E-state index is -1.15. The largest absolute Gasteiger partial charge is 0.482 e. The Bertz CT molecular complexity index is 724. The second kappa shape index (κ2) is 6.46. The molecular formula is C15H8BrF2NO2. The molecule has 0 amide bonds. The van der Waals surface area contributed by atoms with Crippen molar-refractivity contribution in [2.24, 2.45) is 0 Å². The number of ketones is 1. The Hall–Kier alpha value is -2.26. The summed E-state index contributed by atoms with van der Waals surface area (Å²) >= 11 is 3.01. The van der Waals surface area contributed by atoms with Crippen LogP contribution in [-0.4, -0.2) is 12.4 Å². The van der Waals surface area contributed by atoms with E-state index in [1.807, 2.05) is 6.07 Å². The number of carbonyl (C=O) groups is 1. The number of halogens is 3. The summed E-state index contributed by atoms with van der Waals surface area (Å²) < 4.78 is 32.0. The molecule has 0 aliphatic heterocycles. The van der Waals surface area contributed by atoms with E-state index < -0.39 is 24.0 Å². The molecule has 0 aliphatic rings. The van der Waals surface area contributed by atoms with Crippen LogP contribution in [0.2, 0.25) is 0 Å². The lowest BCUT2D eigenvalue weighted by atomic mass is 10.1. The molecule has 2 aromatic rings. The lowest BCUT2D eigenvalue weighted by Gasteiger charge is -2.08. The molecule has 0 unspecified atom stereocenters. The van der Waals surface area contributed by atoms with Crippen LogP contribution in [0.3, 0.4) is 0 Å². The monoisotopic (exact) mass is 351 g/mol. The Labute approximate surface area is 127 Å². The van der Waals surface area contributed by atoms with Crippen molar-refractivity contribution in [2.75, 3.05) is 6.61 Å². The van der Waals surface area contributed by atoms with E-state index in [1.54, 1.807) is 0 Å². The Morgan fingerprint density at radius 3 is 2.52 bits per heavy atom. The molecule has 6 heteroatoms. The number of Topliss-reactive ketones (excluding diaryl/α,β-unsaturated/α-hetero) is 1. The summed E-state index contributed by atoms with van der Waals surface area (Å²) in [6.07, 6.45) is 0. The van der Waals surface area contributed by atoms with Crippen molar-refractivity contribution >= 4 is 21.7 Å². The number of nitriles is 1. The Morgan fingerprint density at radius 2 is 1.90 bits per heavy atom. The molecule has 0 radical (unpaired) electrons. The molecule has 0 spiro atoms. The standard InChI is InChI=1S/C15H8BrF2NO2/c16-11-5-12(17)15(18)14(6-11)21-8-13(20)10-3-1-9(7-19)2-4-10/h1-6H,8H2. The van der Waals surface area contributed by atoms with Crippen LogP contribution in [0.15, 0.2) is 40.9 Å². The van der Waals surface area contributed by atoms with Gasteiger partial charge in [-0.2, -0.15) is 9.65 Å². The third kappa shape index (κ3) is 3.64. The summed E-state index contributed by atoms with van der Waals surface area (Å²) in [5, 5.41) is 8.66. The molecule has 0 aromatic heterocycles. The van der Waals surface area contributed by atoms with Crippen LogP contribution < -0.4 is 4.74 Å². The Morgan fingerprint density at radius 1 is 1.24 bits per heavy atom. The minimum Gasteiger partial charge on any atom is -0.482 e. The van der Waals surface area contributed by atoms with E-state index in [4.69, 9.17) is 10.00 Å². The van der Waals surface area contributed by atoms with Gasteiger partial charge < -0.3 is 4.74 Å². The van der Waals surface area contributed by atoms with Crippen molar-refractivity contribution < 1.29 is 18.3 Å². The summed E-state index contributed by atoms with van der Waals surface area (Å²) in [4.78, 5) is 11.9. The third-order valence-corrected chi connectivity index (χ3v) is 3.11. The number of ether oxygens (including phenoxy) is 1. The smallest absolute Gasteiger partial charge is 0.200 e. The van der Waals surface area contributed by atoms with Gasteiger partial charge >= 0.3 is 0 Å². The van der Waals surface area contributed by atoms with Crippen LogP contribution in [0.4, 0.5) is 8.78 Å². The zero-order valence-electron chi connectivity index (χ0n) is 10.6. The first-order valence-electron chi connectivity index (χ1n) is 5.82. The van der Waals surface area contributed by atoms with Gasteiger partial charge in [0, 0.05) is 10.0 Å². The number of hydrogen-bond donors (Lipinski definition) is 0. The van der Waals surface area contributed by atoms with Gasteiger partial charge in [0.25, 0.3) is 0 Å². The number of hydrogen-bond acceptors (Lipinski definition) is 3. The van der Waals surface area contributed by atoms with Crippen LogP contribution in [0.25, 0.3) is 0 Å². The van der Waals surface area contributed by atoms with Gasteiger partial charge in [0.2, 0.25) is 5.82 Å². The van der Waals surface area contributed by atoms with E-state index in [2.05, 4.69) is 15.9 Å². The van der Waals surface area contributed by atoms with Gasteiger partial charge in [0.1, 0.15) is 0 Å². The molecule has 3 nitrogen and oxygen atoms in total. The first-order valence-corrected chi connectivity index (χ1v) is 6.61. The lowest BCUT2D eigenvalue weighted by molar-refractivity contribution is 0.0918. The van der Waals surface area contributed by atoms with Crippen molar-refractivity contribution in [1.82, 2.24) is 0 Å². The molecule has 0 atom stereocenters. The molecule has 0 heterocycles. The fraction of sp³-hybridized carbons (Fsp3) is 0.0667. The van der Waals surface area contributed by atoms with Crippen molar-refractivity contribution in [3.05, 3.63) is 63.6 Å². The first kappa shape index (κ1) is 15.1. The van der Waals surface area contributed by atoms with Crippen LogP contribution in [0.5, 0.6) is 5.75 Å². The minimum absolute atomic E-state index is 0.308. The summed E-state index contributed by atoms with van der Waals surface area (Å²) in [5.74, 6) is -2.96. The summed E-state index contributed by atoms with van der Waals surface area (Å²) in [5.41, 5.74) is 0.748. The number of nitrogens with zero attached hydrogens (tertiary/aromatic N) is 1. The highest BCUT2D eigenvalue weighted by Gasteiger charge is 2.13. The highest BCUT2D eigenvalue weighted by molar-refractivity contribution is 9.10.